The average molecular weight is 537 g/mol. The number of ether oxygens (including phenoxy) is 6. The van der Waals surface area contributed by atoms with Gasteiger partial charge in [-0.2, -0.15) is 0 Å². The Bertz CT molecular complexity index is 1120. The van der Waals surface area contributed by atoms with Crippen molar-refractivity contribution in [3.63, 3.8) is 0 Å². The second-order valence-electron chi connectivity index (χ2n) is 8.74. The third kappa shape index (κ3) is 5.52. The van der Waals surface area contributed by atoms with E-state index in [-0.39, 0.29) is 24.7 Å². The first-order valence-electron chi connectivity index (χ1n) is 11.9. The molecule has 0 amide bonds. The van der Waals surface area contributed by atoms with Gasteiger partial charge in [-0.25, -0.2) is 0 Å². The van der Waals surface area contributed by atoms with Crippen molar-refractivity contribution < 1.29 is 59.1 Å². The molecule has 2 aromatic carbocycles. The lowest BCUT2D eigenvalue weighted by atomic mass is 9.99. The number of methoxy groups -OCH3 is 2. The van der Waals surface area contributed by atoms with E-state index in [9.17, 15) is 25.5 Å². The van der Waals surface area contributed by atoms with Crippen molar-refractivity contribution in [2.24, 2.45) is 0 Å². The third-order valence-corrected chi connectivity index (χ3v) is 6.33. The van der Waals surface area contributed by atoms with Gasteiger partial charge in [-0.15, -0.1) is 0 Å². The maximum Gasteiger partial charge on any atom is 0.229 e. The molecule has 0 unspecified atom stereocenters. The Balaban J connectivity index is 1.61. The van der Waals surface area contributed by atoms with Gasteiger partial charge in [0.15, 0.2) is 35.2 Å². The molecule has 1 saturated heterocycles. The molecular weight excluding hydrogens is 504 g/mol. The molecule has 2 aliphatic heterocycles. The Morgan fingerprint density at radius 1 is 0.816 bits per heavy atom. The zero-order valence-corrected chi connectivity index (χ0v) is 20.8. The Morgan fingerprint density at radius 2 is 1.55 bits per heavy atom. The highest BCUT2D eigenvalue weighted by atomic mass is 16.7. The first-order chi connectivity index (χ1) is 18.3. The van der Waals surface area contributed by atoms with Crippen molar-refractivity contribution in [3.8, 4) is 28.7 Å². The molecule has 0 saturated carbocycles. The maximum atomic E-state index is 10.3. The van der Waals surface area contributed by atoms with Gasteiger partial charge in [0.2, 0.25) is 12.0 Å². The topological polar surface area (TPSA) is 177 Å². The monoisotopic (exact) mass is 536 g/mol. The van der Waals surface area contributed by atoms with Gasteiger partial charge in [0.25, 0.3) is 0 Å². The van der Waals surface area contributed by atoms with Crippen molar-refractivity contribution in [2.75, 3.05) is 34.0 Å². The number of benzene rings is 2. The molecule has 7 atom stereocenters. The predicted molar refractivity (Wildman–Crippen MR) is 131 cm³/mol. The molecular formula is C26H32O12. The van der Waals surface area contributed by atoms with E-state index >= 15 is 0 Å². The molecule has 0 aromatic heterocycles. The van der Waals surface area contributed by atoms with Crippen LogP contribution in [-0.4, -0.2) is 101 Å². The molecule has 38 heavy (non-hydrogen) atoms. The zero-order valence-electron chi connectivity index (χ0n) is 20.8. The van der Waals surface area contributed by atoms with Crippen LogP contribution in [0.4, 0.5) is 0 Å². The van der Waals surface area contributed by atoms with Crippen molar-refractivity contribution in [2.45, 2.75) is 42.9 Å². The second kappa shape index (κ2) is 12.2. The molecule has 0 aliphatic carbocycles. The van der Waals surface area contributed by atoms with Crippen LogP contribution < -0.4 is 23.7 Å². The molecule has 208 valence electrons. The summed E-state index contributed by atoms with van der Waals surface area (Å²) in [7, 11) is 2.89. The normalized spacial score (nSPS) is 28.8. The predicted octanol–water partition coefficient (Wildman–Crippen LogP) is -0.239. The molecule has 0 spiro atoms. The fraction of sp³-hybridized carbons (Fsp3) is 0.462. The van der Waals surface area contributed by atoms with Gasteiger partial charge in [0.1, 0.15) is 24.4 Å². The fourth-order valence-electron chi connectivity index (χ4n) is 4.33. The lowest BCUT2D eigenvalue weighted by Gasteiger charge is -2.39. The van der Waals surface area contributed by atoms with Crippen LogP contribution in [0.1, 0.15) is 17.2 Å². The smallest absolute Gasteiger partial charge is 0.229 e. The summed E-state index contributed by atoms with van der Waals surface area (Å²) in [6, 6.07) is 8.23. The van der Waals surface area contributed by atoms with E-state index in [0.717, 1.165) is 0 Å². The maximum absolute atomic E-state index is 10.3. The van der Waals surface area contributed by atoms with Crippen molar-refractivity contribution in [1.29, 1.82) is 0 Å². The molecule has 0 radical (unpaired) electrons. The quantitative estimate of drug-likeness (QED) is 0.248. The van der Waals surface area contributed by atoms with Crippen molar-refractivity contribution >= 4 is 6.08 Å². The van der Waals surface area contributed by atoms with Crippen LogP contribution in [0.15, 0.2) is 36.4 Å². The highest BCUT2D eigenvalue weighted by Gasteiger charge is 2.45. The van der Waals surface area contributed by atoms with Gasteiger partial charge in [-0.3, -0.25) is 0 Å². The minimum absolute atomic E-state index is 0.136. The number of fused-ring (bicyclic) bond motifs is 1. The minimum Gasteiger partial charge on any atom is -0.493 e. The first kappa shape index (κ1) is 27.9. The van der Waals surface area contributed by atoms with E-state index < -0.39 is 49.5 Å². The Morgan fingerprint density at radius 3 is 2.21 bits per heavy atom. The second-order valence-corrected chi connectivity index (χ2v) is 8.74. The lowest BCUT2D eigenvalue weighted by molar-refractivity contribution is -0.277. The number of hydrogen-bond acceptors (Lipinski definition) is 12. The molecule has 12 nitrogen and oxygen atoms in total. The molecule has 2 heterocycles. The molecule has 4 rings (SSSR count). The average Bonchev–Trinajstić information content (AvgIpc) is 2.95. The summed E-state index contributed by atoms with van der Waals surface area (Å²) in [5.41, 5.74) is 1.28. The highest BCUT2D eigenvalue weighted by molar-refractivity contribution is 5.63. The zero-order chi connectivity index (χ0) is 27.4. The summed E-state index contributed by atoms with van der Waals surface area (Å²) >= 11 is 0. The summed E-state index contributed by atoms with van der Waals surface area (Å²) in [6.45, 7) is -1.10. The summed E-state index contributed by atoms with van der Waals surface area (Å²) in [4.78, 5) is 0. The molecule has 0 bridgehead atoms. The van der Waals surface area contributed by atoms with Crippen LogP contribution in [0, 0.1) is 0 Å². The van der Waals surface area contributed by atoms with Gasteiger partial charge in [-0.1, -0.05) is 18.2 Å². The molecule has 2 aliphatic rings. The lowest BCUT2D eigenvalue weighted by Crippen LogP contribution is -2.60. The number of rotatable bonds is 9. The molecule has 12 heteroatoms. The number of hydrogen-bond donors (Lipinski definition) is 6. The van der Waals surface area contributed by atoms with Gasteiger partial charge in [0.05, 0.1) is 34.0 Å². The molecule has 6 N–H and O–H groups in total. The van der Waals surface area contributed by atoms with Crippen LogP contribution >= 0.6 is 0 Å². The van der Waals surface area contributed by atoms with E-state index in [1.165, 1.54) is 20.3 Å². The van der Waals surface area contributed by atoms with E-state index in [4.69, 9.17) is 33.5 Å². The summed E-state index contributed by atoms with van der Waals surface area (Å²) in [6.07, 6.45) is -5.51. The minimum atomic E-state index is -1.59. The first-order valence-corrected chi connectivity index (χ1v) is 11.9. The standard InChI is InChI=1S/C26H32O12/c1-33-16-10-14(5-6-15(16)37-26-23(32)22(31)21(30)19(11-28)38-26)24-20(12-29)36-25-17(34-2)8-13(4-3-7-27)9-18(25)35-24/h3-6,8-10,19-24,26-32H,7,11-12H2,1-2H3/b4-3+/t19-,20-,21-,22+,23-,24+,26-/m1/s1. The van der Waals surface area contributed by atoms with Crippen LogP contribution in [-0.2, 0) is 4.74 Å². The van der Waals surface area contributed by atoms with E-state index in [2.05, 4.69) is 0 Å². The fourth-order valence-corrected chi connectivity index (χ4v) is 4.33. The highest BCUT2D eigenvalue weighted by Crippen LogP contribution is 2.47. The SMILES string of the molecule is COc1cc([C@@H]2Oc3cc(/C=C/CO)cc(OC)c3O[C@@H]2CO)ccc1O[C@@H]1O[C@H](CO)[C@@H](O)[C@H](O)[C@H]1O. The number of aliphatic hydroxyl groups is 6. The largest absolute Gasteiger partial charge is 0.493 e. The summed E-state index contributed by atoms with van der Waals surface area (Å²) < 4.78 is 34.3. The molecule has 2 aromatic rings. The van der Waals surface area contributed by atoms with Crippen LogP contribution in [0.2, 0.25) is 0 Å². The van der Waals surface area contributed by atoms with Gasteiger partial charge in [0, 0.05) is 5.56 Å². The van der Waals surface area contributed by atoms with E-state index in [0.29, 0.717) is 28.4 Å². The third-order valence-electron chi connectivity index (χ3n) is 6.33. The Hall–Kier alpha value is -3.10. The van der Waals surface area contributed by atoms with E-state index in [1.54, 1.807) is 36.4 Å². The van der Waals surface area contributed by atoms with Crippen molar-refractivity contribution in [1.82, 2.24) is 0 Å². The van der Waals surface area contributed by atoms with Gasteiger partial charge < -0.3 is 59.1 Å². The number of aliphatic hydroxyl groups excluding tert-OH is 6. The van der Waals surface area contributed by atoms with Gasteiger partial charge >= 0.3 is 0 Å². The van der Waals surface area contributed by atoms with Crippen LogP contribution in [0.3, 0.4) is 0 Å². The van der Waals surface area contributed by atoms with Gasteiger partial charge in [-0.05, 0) is 29.8 Å². The Kier molecular flexibility index (Phi) is 8.95. The summed E-state index contributed by atoms with van der Waals surface area (Å²) in [5.74, 6) is 1.48. The summed E-state index contributed by atoms with van der Waals surface area (Å²) in [5, 5.41) is 58.9. The Labute approximate surface area is 218 Å². The van der Waals surface area contributed by atoms with Crippen LogP contribution in [0.25, 0.3) is 6.08 Å². The van der Waals surface area contributed by atoms with E-state index in [1.807, 2.05) is 0 Å². The molecule has 1 fully saturated rings. The van der Waals surface area contributed by atoms with Crippen LogP contribution in [0.5, 0.6) is 28.7 Å². The van der Waals surface area contributed by atoms with Crippen molar-refractivity contribution in [3.05, 3.63) is 47.5 Å².